The molecule has 1 aliphatic rings. The van der Waals surface area contributed by atoms with Gasteiger partial charge in [-0.15, -0.1) is 5.10 Å². The molecule has 0 saturated heterocycles. The first kappa shape index (κ1) is 11.8. The Kier molecular flexibility index (Phi) is 2.58. The number of aryl methyl sites for hydroxylation is 1. The number of aromatic carboxylic acids is 1. The minimum atomic E-state index is -1.20. The standard InChI is InChI=1S/C13H12FN3O2/c1-7-2-5-9(14)10(6-7)17-12(8-3-4-8)15-11(16-17)13(18)19/h2,5-6,8H,3-4H2,1H3,(H,18,19). The zero-order chi connectivity index (χ0) is 13.6. The molecular formula is C13H12FN3O2. The maximum atomic E-state index is 13.9. The van der Waals surface area contributed by atoms with Crippen LogP contribution < -0.4 is 0 Å². The van der Waals surface area contributed by atoms with Crippen LogP contribution in [0.4, 0.5) is 4.39 Å². The van der Waals surface area contributed by atoms with Crippen molar-refractivity contribution in [2.75, 3.05) is 0 Å². The molecule has 1 heterocycles. The number of hydrogen-bond donors (Lipinski definition) is 1. The summed E-state index contributed by atoms with van der Waals surface area (Å²) in [6.07, 6.45) is 1.87. The average molecular weight is 261 g/mol. The van der Waals surface area contributed by atoms with Crippen molar-refractivity contribution in [2.45, 2.75) is 25.7 Å². The van der Waals surface area contributed by atoms with Crippen LogP contribution in [0.3, 0.4) is 0 Å². The molecule has 19 heavy (non-hydrogen) atoms. The number of benzene rings is 1. The quantitative estimate of drug-likeness (QED) is 0.920. The van der Waals surface area contributed by atoms with E-state index in [0.717, 1.165) is 18.4 Å². The van der Waals surface area contributed by atoms with Crippen molar-refractivity contribution < 1.29 is 14.3 Å². The summed E-state index contributed by atoms with van der Waals surface area (Å²) in [5, 5.41) is 12.9. The number of halogens is 1. The molecule has 0 aliphatic heterocycles. The third-order valence-electron chi connectivity index (χ3n) is 3.10. The number of carboxylic acid groups (broad SMARTS) is 1. The summed E-state index contributed by atoms with van der Waals surface area (Å²) in [7, 11) is 0. The zero-order valence-electron chi connectivity index (χ0n) is 10.3. The van der Waals surface area contributed by atoms with Gasteiger partial charge in [0.05, 0.1) is 0 Å². The fourth-order valence-corrected chi connectivity index (χ4v) is 1.98. The van der Waals surface area contributed by atoms with Crippen LogP contribution in [-0.2, 0) is 0 Å². The Labute approximate surface area is 108 Å². The van der Waals surface area contributed by atoms with Gasteiger partial charge in [0, 0.05) is 5.92 Å². The lowest BCUT2D eigenvalue weighted by molar-refractivity contribution is 0.0683. The van der Waals surface area contributed by atoms with Gasteiger partial charge in [0.25, 0.3) is 5.82 Å². The number of rotatable bonds is 3. The fourth-order valence-electron chi connectivity index (χ4n) is 1.98. The van der Waals surface area contributed by atoms with Crippen molar-refractivity contribution >= 4 is 5.97 Å². The van der Waals surface area contributed by atoms with Gasteiger partial charge in [-0.3, -0.25) is 0 Å². The van der Waals surface area contributed by atoms with E-state index in [1.54, 1.807) is 12.1 Å². The first-order valence-corrected chi connectivity index (χ1v) is 6.03. The van der Waals surface area contributed by atoms with E-state index in [0.29, 0.717) is 5.82 Å². The molecule has 0 amide bonds. The molecule has 0 unspecified atom stereocenters. The van der Waals surface area contributed by atoms with Crippen LogP contribution in [0, 0.1) is 12.7 Å². The minimum absolute atomic E-state index is 0.181. The number of carboxylic acids is 1. The Morgan fingerprint density at radius 2 is 2.21 bits per heavy atom. The number of nitrogens with zero attached hydrogens (tertiary/aromatic N) is 3. The maximum Gasteiger partial charge on any atom is 0.375 e. The lowest BCUT2D eigenvalue weighted by Crippen LogP contribution is -2.05. The van der Waals surface area contributed by atoms with Gasteiger partial charge in [-0.2, -0.15) is 0 Å². The molecule has 1 aromatic carbocycles. The highest BCUT2D eigenvalue weighted by Gasteiger charge is 2.32. The molecule has 1 aromatic heterocycles. The summed E-state index contributed by atoms with van der Waals surface area (Å²) in [6.45, 7) is 1.84. The molecule has 0 bridgehead atoms. The molecule has 1 saturated carbocycles. The van der Waals surface area contributed by atoms with E-state index < -0.39 is 11.8 Å². The Morgan fingerprint density at radius 3 is 2.84 bits per heavy atom. The van der Waals surface area contributed by atoms with Gasteiger partial charge in [-0.1, -0.05) is 6.07 Å². The van der Waals surface area contributed by atoms with Gasteiger partial charge in [0.15, 0.2) is 0 Å². The Balaban J connectivity index is 2.17. The zero-order valence-corrected chi connectivity index (χ0v) is 10.3. The van der Waals surface area contributed by atoms with Crippen LogP contribution in [0.2, 0.25) is 0 Å². The average Bonchev–Trinajstić information content (AvgIpc) is 3.11. The molecule has 1 fully saturated rings. The van der Waals surface area contributed by atoms with E-state index in [1.807, 2.05) is 6.92 Å². The second-order valence-electron chi connectivity index (χ2n) is 4.74. The van der Waals surface area contributed by atoms with Gasteiger partial charge in [0.1, 0.15) is 17.3 Å². The second-order valence-corrected chi connectivity index (χ2v) is 4.74. The van der Waals surface area contributed by atoms with E-state index in [4.69, 9.17) is 5.11 Å². The number of hydrogen-bond acceptors (Lipinski definition) is 3. The summed E-state index contributed by atoms with van der Waals surface area (Å²) in [5.74, 6) is -1.21. The summed E-state index contributed by atoms with van der Waals surface area (Å²) in [6, 6.07) is 4.65. The first-order valence-electron chi connectivity index (χ1n) is 6.03. The molecule has 1 N–H and O–H groups in total. The maximum absolute atomic E-state index is 13.9. The molecule has 0 radical (unpaired) electrons. The van der Waals surface area contributed by atoms with E-state index >= 15 is 0 Å². The minimum Gasteiger partial charge on any atom is -0.475 e. The van der Waals surface area contributed by atoms with Gasteiger partial charge in [-0.05, 0) is 37.5 Å². The van der Waals surface area contributed by atoms with E-state index in [9.17, 15) is 9.18 Å². The van der Waals surface area contributed by atoms with E-state index in [1.165, 1.54) is 10.7 Å². The van der Waals surface area contributed by atoms with E-state index in [-0.39, 0.29) is 17.4 Å². The van der Waals surface area contributed by atoms with Crippen molar-refractivity contribution in [2.24, 2.45) is 0 Å². The van der Waals surface area contributed by atoms with Gasteiger partial charge >= 0.3 is 5.97 Å². The van der Waals surface area contributed by atoms with Crippen molar-refractivity contribution in [1.82, 2.24) is 14.8 Å². The van der Waals surface area contributed by atoms with Crippen molar-refractivity contribution in [3.8, 4) is 5.69 Å². The normalized spacial score (nSPS) is 14.6. The molecular weight excluding hydrogens is 249 g/mol. The molecule has 1 aliphatic carbocycles. The van der Waals surface area contributed by atoms with Crippen LogP contribution in [0.5, 0.6) is 0 Å². The molecule has 5 nitrogen and oxygen atoms in total. The molecule has 6 heteroatoms. The van der Waals surface area contributed by atoms with Crippen LogP contribution in [-0.4, -0.2) is 25.8 Å². The van der Waals surface area contributed by atoms with E-state index in [2.05, 4.69) is 10.1 Å². The van der Waals surface area contributed by atoms with Gasteiger partial charge in [0.2, 0.25) is 0 Å². The summed E-state index contributed by atoms with van der Waals surface area (Å²) >= 11 is 0. The van der Waals surface area contributed by atoms with Crippen molar-refractivity contribution in [3.63, 3.8) is 0 Å². The second kappa shape index (κ2) is 4.15. The van der Waals surface area contributed by atoms with Crippen LogP contribution in [0.25, 0.3) is 5.69 Å². The number of carbonyl (C=O) groups is 1. The third kappa shape index (κ3) is 2.09. The smallest absolute Gasteiger partial charge is 0.375 e. The molecule has 3 rings (SSSR count). The summed E-state index contributed by atoms with van der Waals surface area (Å²) in [5.41, 5.74) is 1.13. The highest BCUT2D eigenvalue weighted by Crippen LogP contribution is 2.40. The third-order valence-corrected chi connectivity index (χ3v) is 3.10. The Bertz CT molecular complexity index is 662. The Hall–Kier alpha value is -2.24. The van der Waals surface area contributed by atoms with Crippen molar-refractivity contribution in [3.05, 3.63) is 41.2 Å². The van der Waals surface area contributed by atoms with Crippen LogP contribution in [0.1, 0.15) is 40.8 Å². The lowest BCUT2D eigenvalue weighted by atomic mass is 10.2. The largest absolute Gasteiger partial charge is 0.475 e. The fraction of sp³-hybridized carbons (Fsp3) is 0.308. The van der Waals surface area contributed by atoms with Crippen LogP contribution >= 0.6 is 0 Å². The molecule has 98 valence electrons. The first-order chi connectivity index (χ1) is 9.06. The predicted molar refractivity (Wildman–Crippen MR) is 65.0 cm³/mol. The van der Waals surface area contributed by atoms with Crippen LogP contribution in [0.15, 0.2) is 18.2 Å². The molecule has 0 atom stereocenters. The lowest BCUT2D eigenvalue weighted by Gasteiger charge is -2.07. The summed E-state index contributed by atoms with van der Waals surface area (Å²) in [4.78, 5) is 15.0. The SMILES string of the molecule is Cc1ccc(F)c(-n2nc(C(=O)O)nc2C2CC2)c1. The molecule has 2 aromatic rings. The predicted octanol–water partition coefficient (Wildman–Crippen LogP) is 2.29. The monoisotopic (exact) mass is 261 g/mol. The topological polar surface area (TPSA) is 68.0 Å². The van der Waals surface area contributed by atoms with Crippen molar-refractivity contribution in [1.29, 1.82) is 0 Å². The van der Waals surface area contributed by atoms with Gasteiger partial charge < -0.3 is 5.11 Å². The highest BCUT2D eigenvalue weighted by molar-refractivity contribution is 5.83. The molecule has 0 spiro atoms. The summed E-state index contributed by atoms with van der Waals surface area (Å²) < 4.78 is 15.2. The number of aromatic nitrogens is 3. The Morgan fingerprint density at radius 1 is 1.47 bits per heavy atom. The highest BCUT2D eigenvalue weighted by atomic mass is 19.1. The van der Waals surface area contributed by atoms with Gasteiger partial charge in [-0.25, -0.2) is 18.9 Å².